The molecule has 1 atom stereocenters. The Morgan fingerprint density at radius 1 is 1.37 bits per heavy atom. The summed E-state index contributed by atoms with van der Waals surface area (Å²) >= 11 is 1.75. The molecule has 0 aliphatic heterocycles. The second-order valence-electron chi connectivity index (χ2n) is 5.45. The fourth-order valence-electron chi connectivity index (χ4n) is 2.58. The number of carboxylic acid groups (broad SMARTS) is 1. The molecule has 0 aromatic heterocycles. The molecule has 0 heterocycles. The van der Waals surface area contributed by atoms with Crippen molar-refractivity contribution in [2.24, 2.45) is 5.92 Å². The summed E-state index contributed by atoms with van der Waals surface area (Å²) in [5.41, 5.74) is -0.543. The van der Waals surface area contributed by atoms with Gasteiger partial charge in [-0.3, -0.25) is 4.79 Å². The number of hydrogen-bond donors (Lipinski definition) is 3. The SMILES string of the molecule is CSCC(C)CNC(=O)NC1(CC(=O)O)CCCC1. The summed E-state index contributed by atoms with van der Waals surface area (Å²) < 4.78 is 0. The van der Waals surface area contributed by atoms with Crippen LogP contribution in [0.4, 0.5) is 4.79 Å². The van der Waals surface area contributed by atoms with Crippen molar-refractivity contribution in [1.82, 2.24) is 10.6 Å². The molecule has 0 radical (unpaired) electrons. The molecule has 1 aliphatic carbocycles. The monoisotopic (exact) mass is 288 g/mol. The smallest absolute Gasteiger partial charge is 0.315 e. The lowest BCUT2D eigenvalue weighted by molar-refractivity contribution is -0.138. The van der Waals surface area contributed by atoms with Crippen molar-refractivity contribution in [2.75, 3.05) is 18.6 Å². The van der Waals surface area contributed by atoms with Gasteiger partial charge in [-0.1, -0.05) is 19.8 Å². The van der Waals surface area contributed by atoms with Crippen LogP contribution in [-0.4, -0.2) is 41.2 Å². The predicted molar refractivity (Wildman–Crippen MR) is 77.5 cm³/mol. The van der Waals surface area contributed by atoms with Gasteiger partial charge < -0.3 is 15.7 Å². The number of carbonyl (C=O) groups is 2. The molecule has 1 unspecified atom stereocenters. The van der Waals surface area contributed by atoms with Crippen LogP contribution in [0.2, 0.25) is 0 Å². The maximum Gasteiger partial charge on any atom is 0.315 e. The largest absolute Gasteiger partial charge is 0.481 e. The van der Waals surface area contributed by atoms with E-state index in [1.54, 1.807) is 11.8 Å². The molecule has 0 spiro atoms. The van der Waals surface area contributed by atoms with E-state index in [4.69, 9.17) is 5.11 Å². The average molecular weight is 288 g/mol. The van der Waals surface area contributed by atoms with Gasteiger partial charge in [0.15, 0.2) is 0 Å². The summed E-state index contributed by atoms with van der Waals surface area (Å²) in [6.45, 7) is 2.70. The van der Waals surface area contributed by atoms with Gasteiger partial charge in [-0.05, 0) is 30.8 Å². The average Bonchev–Trinajstić information content (AvgIpc) is 2.74. The van der Waals surface area contributed by atoms with E-state index in [-0.39, 0.29) is 12.5 Å². The highest BCUT2D eigenvalue weighted by atomic mass is 32.2. The number of amides is 2. The highest BCUT2D eigenvalue weighted by molar-refractivity contribution is 7.98. The maximum absolute atomic E-state index is 11.9. The Balaban J connectivity index is 2.41. The molecule has 6 heteroatoms. The molecule has 110 valence electrons. The Hall–Kier alpha value is -0.910. The third-order valence-electron chi connectivity index (χ3n) is 3.49. The van der Waals surface area contributed by atoms with E-state index in [0.717, 1.165) is 31.4 Å². The minimum Gasteiger partial charge on any atom is -0.481 e. The lowest BCUT2D eigenvalue weighted by Gasteiger charge is -2.29. The Bertz CT molecular complexity index is 317. The third kappa shape index (κ3) is 5.72. The zero-order chi connectivity index (χ0) is 14.3. The van der Waals surface area contributed by atoms with Gasteiger partial charge in [-0.15, -0.1) is 0 Å². The van der Waals surface area contributed by atoms with Crippen LogP contribution in [0.25, 0.3) is 0 Å². The van der Waals surface area contributed by atoms with Crippen LogP contribution >= 0.6 is 11.8 Å². The van der Waals surface area contributed by atoms with Crippen molar-refractivity contribution in [3.8, 4) is 0 Å². The van der Waals surface area contributed by atoms with Crippen LogP contribution < -0.4 is 10.6 Å². The topological polar surface area (TPSA) is 78.4 Å². The summed E-state index contributed by atoms with van der Waals surface area (Å²) in [6, 6.07) is -0.240. The molecular weight excluding hydrogens is 264 g/mol. The van der Waals surface area contributed by atoms with Gasteiger partial charge in [-0.25, -0.2) is 4.79 Å². The molecule has 1 fully saturated rings. The van der Waals surface area contributed by atoms with Gasteiger partial charge in [0.1, 0.15) is 0 Å². The molecule has 0 bridgehead atoms. The highest BCUT2D eigenvalue weighted by Crippen LogP contribution is 2.32. The summed E-state index contributed by atoms with van der Waals surface area (Å²) in [5.74, 6) is 0.568. The van der Waals surface area contributed by atoms with Gasteiger partial charge >= 0.3 is 12.0 Å². The van der Waals surface area contributed by atoms with E-state index in [9.17, 15) is 9.59 Å². The maximum atomic E-state index is 11.9. The number of rotatable bonds is 7. The number of hydrogen-bond acceptors (Lipinski definition) is 3. The Morgan fingerprint density at radius 2 is 2.00 bits per heavy atom. The van der Waals surface area contributed by atoms with Gasteiger partial charge in [-0.2, -0.15) is 11.8 Å². The van der Waals surface area contributed by atoms with Gasteiger partial charge in [0.05, 0.1) is 12.0 Å². The Morgan fingerprint density at radius 3 is 2.53 bits per heavy atom. The van der Waals surface area contributed by atoms with Crippen LogP contribution in [0.3, 0.4) is 0 Å². The summed E-state index contributed by atoms with van der Waals surface area (Å²) in [7, 11) is 0. The predicted octanol–water partition coefficient (Wildman–Crippen LogP) is 2.07. The molecule has 2 amide bonds. The summed E-state index contributed by atoms with van der Waals surface area (Å²) in [6.07, 6.45) is 5.53. The molecule has 0 aromatic carbocycles. The summed E-state index contributed by atoms with van der Waals surface area (Å²) in [5, 5.41) is 14.7. The van der Waals surface area contributed by atoms with Gasteiger partial charge in [0, 0.05) is 6.54 Å². The zero-order valence-electron chi connectivity index (χ0n) is 11.7. The van der Waals surface area contributed by atoms with E-state index in [0.29, 0.717) is 12.5 Å². The van der Waals surface area contributed by atoms with Crippen LogP contribution in [0.1, 0.15) is 39.0 Å². The first kappa shape index (κ1) is 16.1. The standard InChI is InChI=1S/C13H24N2O3S/c1-10(9-19-2)8-14-12(18)15-13(7-11(16)17)5-3-4-6-13/h10H,3-9H2,1-2H3,(H,16,17)(H2,14,15,18). The Labute approximate surface area is 118 Å². The minimum absolute atomic E-state index is 0.0147. The van der Waals surface area contributed by atoms with Crippen LogP contribution in [0.15, 0.2) is 0 Å². The second-order valence-corrected chi connectivity index (χ2v) is 6.36. The van der Waals surface area contributed by atoms with Gasteiger partial charge in [0.2, 0.25) is 0 Å². The number of nitrogens with one attached hydrogen (secondary N) is 2. The van der Waals surface area contributed by atoms with Gasteiger partial charge in [0.25, 0.3) is 0 Å². The zero-order valence-corrected chi connectivity index (χ0v) is 12.5. The lowest BCUT2D eigenvalue weighted by atomic mass is 9.93. The lowest BCUT2D eigenvalue weighted by Crippen LogP contribution is -2.52. The fourth-order valence-corrected chi connectivity index (χ4v) is 3.27. The number of carboxylic acids is 1. The van der Waals surface area contributed by atoms with Crippen LogP contribution in [0, 0.1) is 5.92 Å². The second kappa shape index (κ2) is 7.62. The van der Waals surface area contributed by atoms with E-state index < -0.39 is 11.5 Å². The highest BCUT2D eigenvalue weighted by Gasteiger charge is 2.37. The molecule has 1 rings (SSSR count). The number of urea groups is 1. The Kier molecular flexibility index (Phi) is 6.48. The first-order valence-electron chi connectivity index (χ1n) is 6.74. The first-order chi connectivity index (χ1) is 8.97. The van der Waals surface area contributed by atoms with Crippen LogP contribution in [0.5, 0.6) is 0 Å². The normalized spacial score (nSPS) is 18.8. The molecule has 3 N–H and O–H groups in total. The van der Waals surface area contributed by atoms with E-state index in [1.807, 2.05) is 6.26 Å². The first-order valence-corrected chi connectivity index (χ1v) is 8.13. The fraction of sp³-hybridized carbons (Fsp3) is 0.846. The molecule has 1 saturated carbocycles. The van der Waals surface area contributed by atoms with Crippen molar-refractivity contribution in [3.63, 3.8) is 0 Å². The number of thioether (sulfide) groups is 1. The summed E-state index contributed by atoms with van der Waals surface area (Å²) in [4.78, 5) is 22.8. The van der Waals surface area contributed by atoms with Crippen molar-refractivity contribution in [3.05, 3.63) is 0 Å². The molecular formula is C13H24N2O3S. The number of aliphatic carboxylic acids is 1. The van der Waals surface area contributed by atoms with E-state index >= 15 is 0 Å². The minimum atomic E-state index is -0.849. The van der Waals surface area contributed by atoms with Crippen molar-refractivity contribution in [1.29, 1.82) is 0 Å². The van der Waals surface area contributed by atoms with E-state index in [1.165, 1.54) is 0 Å². The van der Waals surface area contributed by atoms with Crippen molar-refractivity contribution in [2.45, 2.75) is 44.6 Å². The molecule has 5 nitrogen and oxygen atoms in total. The molecule has 0 aromatic rings. The number of carbonyl (C=O) groups excluding carboxylic acids is 1. The third-order valence-corrected chi connectivity index (χ3v) is 4.39. The van der Waals surface area contributed by atoms with Crippen molar-refractivity contribution < 1.29 is 14.7 Å². The molecule has 0 saturated heterocycles. The van der Waals surface area contributed by atoms with E-state index in [2.05, 4.69) is 17.6 Å². The quantitative estimate of drug-likeness (QED) is 0.670. The van der Waals surface area contributed by atoms with Crippen LogP contribution in [-0.2, 0) is 4.79 Å². The molecule has 19 heavy (non-hydrogen) atoms. The molecule has 1 aliphatic rings. The van der Waals surface area contributed by atoms with Crippen molar-refractivity contribution >= 4 is 23.8 Å².